The van der Waals surface area contributed by atoms with Gasteiger partial charge in [-0.05, 0) is 44.1 Å². The molecule has 1 aromatic heterocycles. The van der Waals surface area contributed by atoms with Crippen molar-refractivity contribution in [2.75, 3.05) is 36.0 Å². The molecule has 2 saturated heterocycles. The first-order valence-electron chi connectivity index (χ1n) is 8.13. The topological polar surface area (TPSA) is 93.1 Å². The minimum Gasteiger partial charge on any atom is -0.383 e. The van der Waals surface area contributed by atoms with E-state index in [2.05, 4.69) is 20.2 Å². The Hall–Kier alpha value is -1.56. The summed E-state index contributed by atoms with van der Waals surface area (Å²) in [6.07, 6.45) is 6.26. The van der Waals surface area contributed by atoms with Gasteiger partial charge in [0.2, 0.25) is 5.95 Å². The molecule has 0 amide bonds. The Morgan fingerprint density at radius 2 is 1.90 bits per heavy atom. The molecule has 21 heavy (non-hydrogen) atoms. The number of anilines is 3. The maximum absolute atomic E-state index is 6.17. The Morgan fingerprint density at radius 1 is 1.05 bits per heavy atom. The van der Waals surface area contributed by atoms with Crippen LogP contribution < -0.4 is 21.7 Å². The second-order valence-electron chi connectivity index (χ2n) is 6.70. The third-order valence-corrected chi connectivity index (χ3v) is 5.38. The Morgan fingerprint density at radius 3 is 2.62 bits per heavy atom. The van der Waals surface area contributed by atoms with Gasteiger partial charge in [0, 0.05) is 24.7 Å². The molecule has 0 unspecified atom stereocenters. The van der Waals surface area contributed by atoms with Gasteiger partial charge in [0.25, 0.3) is 0 Å². The summed E-state index contributed by atoms with van der Waals surface area (Å²) in [6.45, 7) is 3.21. The summed E-state index contributed by atoms with van der Waals surface area (Å²) >= 11 is 0. The number of nitrogens with two attached hydrogens (primary N) is 2. The molecule has 1 saturated carbocycles. The number of piperidine rings is 1. The molecule has 1 aromatic rings. The number of nitrogen functional groups attached to an aromatic ring is 2. The summed E-state index contributed by atoms with van der Waals surface area (Å²) in [5.74, 6) is 3.14. The van der Waals surface area contributed by atoms with E-state index >= 15 is 0 Å². The maximum atomic E-state index is 6.17. The van der Waals surface area contributed by atoms with Crippen LogP contribution in [0.15, 0.2) is 0 Å². The van der Waals surface area contributed by atoms with Crippen LogP contribution in [-0.4, -0.2) is 35.6 Å². The Bertz CT molecular complexity index is 527. The lowest BCUT2D eigenvalue weighted by Gasteiger charge is -2.31. The molecule has 5 N–H and O–H groups in total. The van der Waals surface area contributed by atoms with Gasteiger partial charge in [-0.2, -0.15) is 9.97 Å². The quantitative estimate of drug-likeness (QED) is 0.754. The summed E-state index contributed by atoms with van der Waals surface area (Å²) in [7, 11) is 0. The number of hydrogen-bond donors (Lipinski definition) is 3. The van der Waals surface area contributed by atoms with Gasteiger partial charge in [0.1, 0.15) is 11.6 Å². The molecule has 0 aromatic carbocycles. The molecular formula is C15H24N6. The number of nitrogens with zero attached hydrogens (tertiary/aromatic N) is 3. The van der Waals surface area contributed by atoms with Crippen molar-refractivity contribution < 1.29 is 0 Å². The van der Waals surface area contributed by atoms with E-state index < -0.39 is 0 Å². The van der Waals surface area contributed by atoms with Crippen LogP contribution in [0.2, 0.25) is 0 Å². The van der Waals surface area contributed by atoms with E-state index in [1.807, 2.05) is 0 Å². The first-order valence-corrected chi connectivity index (χ1v) is 8.13. The molecule has 2 aliphatic heterocycles. The molecule has 4 rings (SSSR count). The molecule has 0 spiro atoms. The molecule has 3 fully saturated rings. The second-order valence-corrected chi connectivity index (χ2v) is 6.70. The number of nitrogens with one attached hydrogen (secondary N) is 1. The van der Waals surface area contributed by atoms with Crippen LogP contribution in [0.25, 0.3) is 0 Å². The van der Waals surface area contributed by atoms with Gasteiger partial charge in [-0.25, -0.2) is 0 Å². The molecule has 2 atom stereocenters. The van der Waals surface area contributed by atoms with Crippen molar-refractivity contribution in [2.24, 2.45) is 5.92 Å². The zero-order valence-corrected chi connectivity index (χ0v) is 12.4. The molecule has 1 aliphatic carbocycles. The van der Waals surface area contributed by atoms with Gasteiger partial charge in [-0.1, -0.05) is 6.42 Å². The highest BCUT2D eigenvalue weighted by molar-refractivity contribution is 5.62. The Kier molecular flexibility index (Phi) is 3.14. The van der Waals surface area contributed by atoms with Crippen LogP contribution in [0.3, 0.4) is 0 Å². The molecular weight excluding hydrogens is 264 g/mol. The van der Waals surface area contributed by atoms with E-state index in [1.54, 1.807) is 0 Å². The second kappa shape index (κ2) is 5.02. The summed E-state index contributed by atoms with van der Waals surface area (Å²) in [5, 5.41) is 3.64. The van der Waals surface area contributed by atoms with Gasteiger partial charge in [-0.15, -0.1) is 0 Å². The third-order valence-electron chi connectivity index (χ3n) is 5.38. The largest absolute Gasteiger partial charge is 0.383 e. The van der Waals surface area contributed by atoms with Gasteiger partial charge in [0.05, 0.1) is 0 Å². The Balaban J connectivity index is 1.67. The van der Waals surface area contributed by atoms with Crippen molar-refractivity contribution in [1.82, 2.24) is 15.3 Å². The SMILES string of the molecule is Nc1nc(N)c(C2CCC2)c(N2C[C@H]3CCCN[C@H]3C2)n1. The lowest BCUT2D eigenvalue weighted by molar-refractivity contribution is 0.340. The number of hydrogen-bond acceptors (Lipinski definition) is 6. The van der Waals surface area contributed by atoms with Crippen LogP contribution in [-0.2, 0) is 0 Å². The number of aromatic nitrogens is 2. The smallest absolute Gasteiger partial charge is 0.223 e. The third kappa shape index (κ3) is 2.21. The average Bonchev–Trinajstić information content (AvgIpc) is 2.83. The molecule has 0 radical (unpaired) electrons. The van der Waals surface area contributed by atoms with Crippen molar-refractivity contribution in [1.29, 1.82) is 0 Å². The molecule has 6 nitrogen and oxygen atoms in total. The van der Waals surface area contributed by atoms with Crippen LogP contribution in [0.5, 0.6) is 0 Å². The van der Waals surface area contributed by atoms with E-state index in [9.17, 15) is 0 Å². The van der Waals surface area contributed by atoms with Crippen molar-refractivity contribution >= 4 is 17.6 Å². The summed E-state index contributed by atoms with van der Waals surface area (Å²) in [6, 6.07) is 0.588. The lowest BCUT2D eigenvalue weighted by atomic mass is 9.80. The van der Waals surface area contributed by atoms with E-state index in [4.69, 9.17) is 11.5 Å². The van der Waals surface area contributed by atoms with Gasteiger partial charge in [0.15, 0.2) is 0 Å². The summed E-state index contributed by atoms with van der Waals surface area (Å²) in [4.78, 5) is 11.1. The molecule has 6 heteroatoms. The highest BCUT2D eigenvalue weighted by Gasteiger charge is 2.37. The van der Waals surface area contributed by atoms with Gasteiger partial charge < -0.3 is 21.7 Å². The minimum absolute atomic E-state index is 0.299. The molecule has 114 valence electrons. The fourth-order valence-corrected chi connectivity index (χ4v) is 4.04. The zero-order chi connectivity index (χ0) is 14.4. The monoisotopic (exact) mass is 288 g/mol. The predicted octanol–water partition coefficient (Wildman–Crippen LogP) is 1.10. The Labute approximate surface area is 125 Å². The summed E-state index contributed by atoms with van der Waals surface area (Å²) < 4.78 is 0. The molecule has 3 heterocycles. The van der Waals surface area contributed by atoms with Crippen molar-refractivity contribution in [3.8, 4) is 0 Å². The number of rotatable bonds is 2. The minimum atomic E-state index is 0.299. The van der Waals surface area contributed by atoms with Crippen LogP contribution in [0.1, 0.15) is 43.6 Å². The van der Waals surface area contributed by atoms with E-state index in [1.165, 1.54) is 32.1 Å². The van der Waals surface area contributed by atoms with Gasteiger partial charge >= 0.3 is 0 Å². The standard InChI is InChI=1S/C15H24N6/c16-13-12(9-3-1-4-9)14(20-15(17)19-13)21-7-10-5-2-6-18-11(10)8-21/h9-11,18H,1-8H2,(H4,16,17,19,20)/t10-,11+/m1/s1. The average molecular weight is 288 g/mol. The fraction of sp³-hybridized carbons (Fsp3) is 0.733. The van der Waals surface area contributed by atoms with Crippen LogP contribution in [0, 0.1) is 5.92 Å². The van der Waals surface area contributed by atoms with Crippen LogP contribution in [0.4, 0.5) is 17.6 Å². The highest BCUT2D eigenvalue weighted by Crippen LogP contribution is 2.44. The van der Waals surface area contributed by atoms with E-state index in [0.717, 1.165) is 36.9 Å². The maximum Gasteiger partial charge on any atom is 0.223 e. The van der Waals surface area contributed by atoms with Crippen molar-refractivity contribution in [2.45, 2.75) is 44.1 Å². The normalized spacial score (nSPS) is 29.2. The van der Waals surface area contributed by atoms with Gasteiger partial charge in [-0.3, -0.25) is 0 Å². The number of fused-ring (bicyclic) bond motifs is 1. The first kappa shape index (κ1) is 13.1. The van der Waals surface area contributed by atoms with E-state index in [0.29, 0.717) is 23.7 Å². The van der Waals surface area contributed by atoms with Crippen LogP contribution >= 0.6 is 0 Å². The lowest BCUT2D eigenvalue weighted by Crippen LogP contribution is -2.40. The highest BCUT2D eigenvalue weighted by atomic mass is 15.3. The fourth-order valence-electron chi connectivity index (χ4n) is 4.04. The molecule has 3 aliphatic rings. The zero-order valence-electron chi connectivity index (χ0n) is 12.4. The first-order chi connectivity index (χ1) is 10.2. The summed E-state index contributed by atoms with van der Waals surface area (Å²) in [5.41, 5.74) is 13.2. The van der Waals surface area contributed by atoms with Crippen molar-refractivity contribution in [3.05, 3.63) is 5.56 Å². The molecule has 0 bridgehead atoms. The predicted molar refractivity (Wildman–Crippen MR) is 84.2 cm³/mol. The van der Waals surface area contributed by atoms with E-state index in [-0.39, 0.29) is 0 Å². The van der Waals surface area contributed by atoms with Crippen molar-refractivity contribution in [3.63, 3.8) is 0 Å².